The van der Waals surface area contributed by atoms with Gasteiger partial charge in [0.15, 0.2) is 0 Å². The molecule has 1 aromatic carbocycles. The summed E-state index contributed by atoms with van der Waals surface area (Å²) >= 11 is 0. The summed E-state index contributed by atoms with van der Waals surface area (Å²) in [5, 5.41) is 0. The van der Waals surface area contributed by atoms with Gasteiger partial charge in [-0.05, 0) is 37.5 Å². The highest BCUT2D eigenvalue weighted by Gasteiger charge is 2.28. The van der Waals surface area contributed by atoms with Crippen molar-refractivity contribution in [1.29, 1.82) is 0 Å². The van der Waals surface area contributed by atoms with Gasteiger partial charge in [0.25, 0.3) is 0 Å². The van der Waals surface area contributed by atoms with Crippen LogP contribution in [0.2, 0.25) is 0 Å². The molecule has 17 heavy (non-hydrogen) atoms. The standard InChI is InChI=1S/C12H18N2O2S/c1-10-4-2-6-12(8-10)17(15,16)14-7-3-5-11(13)9-14/h2,4,6,8,11H,3,5,7,9,13H2,1H3/t11-/m1/s1. The topological polar surface area (TPSA) is 63.4 Å². The lowest BCUT2D eigenvalue weighted by Gasteiger charge is -2.29. The number of aryl methyl sites for hydroxylation is 1. The van der Waals surface area contributed by atoms with Gasteiger partial charge in [-0.15, -0.1) is 0 Å². The number of rotatable bonds is 2. The van der Waals surface area contributed by atoms with Gasteiger partial charge in [-0.25, -0.2) is 8.42 Å². The Morgan fingerprint density at radius 1 is 1.41 bits per heavy atom. The van der Waals surface area contributed by atoms with Crippen molar-refractivity contribution in [2.75, 3.05) is 13.1 Å². The monoisotopic (exact) mass is 254 g/mol. The maximum absolute atomic E-state index is 12.4. The molecule has 0 spiro atoms. The van der Waals surface area contributed by atoms with E-state index in [4.69, 9.17) is 5.73 Å². The van der Waals surface area contributed by atoms with Crippen LogP contribution in [0.15, 0.2) is 29.2 Å². The molecule has 0 saturated carbocycles. The molecular formula is C12H18N2O2S. The number of nitrogens with two attached hydrogens (primary N) is 1. The van der Waals surface area contributed by atoms with Gasteiger partial charge in [0.05, 0.1) is 4.90 Å². The van der Waals surface area contributed by atoms with E-state index in [1.165, 1.54) is 4.31 Å². The van der Waals surface area contributed by atoms with Gasteiger partial charge in [-0.2, -0.15) is 4.31 Å². The third kappa shape index (κ3) is 2.68. The summed E-state index contributed by atoms with van der Waals surface area (Å²) in [5.41, 5.74) is 6.77. The summed E-state index contributed by atoms with van der Waals surface area (Å²) in [6.07, 6.45) is 1.74. The Labute approximate surface area is 102 Å². The highest BCUT2D eigenvalue weighted by atomic mass is 32.2. The zero-order valence-corrected chi connectivity index (χ0v) is 10.8. The first-order valence-corrected chi connectivity index (χ1v) is 7.26. The van der Waals surface area contributed by atoms with Crippen molar-refractivity contribution in [2.24, 2.45) is 5.73 Å². The minimum atomic E-state index is -3.36. The minimum Gasteiger partial charge on any atom is -0.327 e. The summed E-state index contributed by atoms with van der Waals surface area (Å²) in [6.45, 7) is 2.89. The molecule has 1 fully saturated rings. The van der Waals surface area contributed by atoms with E-state index in [0.717, 1.165) is 18.4 Å². The molecule has 2 N–H and O–H groups in total. The van der Waals surface area contributed by atoms with Crippen LogP contribution in [0.1, 0.15) is 18.4 Å². The minimum absolute atomic E-state index is 0.0386. The van der Waals surface area contributed by atoms with Crippen LogP contribution in [0.4, 0.5) is 0 Å². The van der Waals surface area contributed by atoms with E-state index in [-0.39, 0.29) is 6.04 Å². The van der Waals surface area contributed by atoms with E-state index in [1.54, 1.807) is 18.2 Å². The number of benzene rings is 1. The number of nitrogens with zero attached hydrogens (tertiary/aromatic N) is 1. The second-order valence-electron chi connectivity index (χ2n) is 4.58. The summed E-state index contributed by atoms with van der Waals surface area (Å²) < 4.78 is 26.2. The molecule has 0 amide bonds. The molecular weight excluding hydrogens is 236 g/mol. The highest BCUT2D eigenvalue weighted by molar-refractivity contribution is 7.89. The molecule has 0 aliphatic carbocycles. The fourth-order valence-electron chi connectivity index (χ4n) is 2.12. The summed E-state index contributed by atoms with van der Waals surface area (Å²) in [6, 6.07) is 6.97. The molecule has 1 aromatic rings. The number of piperidine rings is 1. The van der Waals surface area contributed by atoms with Crippen LogP contribution in [0, 0.1) is 6.92 Å². The second kappa shape index (κ2) is 4.76. The SMILES string of the molecule is Cc1cccc(S(=O)(=O)N2CCC[C@@H](N)C2)c1. The Kier molecular flexibility index (Phi) is 3.51. The normalized spacial score (nSPS) is 22.6. The molecule has 0 unspecified atom stereocenters. The lowest BCUT2D eigenvalue weighted by atomic mass is 10.1. The zero-order valence-electron chi connectivity index (χ0n) is 9.96. The fraction of sp³-hybridized carbons (Fsp3) is 0.500. The molecule has 4 nitrogen and oxygen atoms in total. The van der Waals surface area contributed by atoms with E-state index in [0.29, 0.717) is 18.0 Å². The van der Waals surface area contributed by atoms with E-state index in [1.807, 2.05) is 13.0 Å². The second-order valence-corrected chi connectivity index (χ2v) is 6.52. The van der Waals surface area contributed by atoms with Crippen LogP contribution < -0.4 is 5.73 Å². The van der Waals surface area contributed by atoms with Crippen LogP contribution in [0.5, 0.6) is 0 Å². The van der Waals surface area contributed by atoms with Crippen molar-refractivity contribution in [3.63, 3.8) is 0 Å². The predicted molar refractivity (Wildman–Crippen MR) is 67.1 cm³/mol. The fourth-order valence-corrected chi connectivity index (χ4v) is 3.76. The molecule has 1 atom stereocenters. The zero-order chi connectivity index (χ0) is 12.5. The lowest BCUT2D eigenvalue weighted by molar-refractivity contribution is 0.316. The smallest absolute Gasteiger partial charge is 0.243 e. The quantitative estimate of drug-likeness (QED) is 0.860. The molecule has 2 rings (SSSR count). The van der Waals surface area contributed by atoms with Crippen molar-refractivity contribution >= 4 is 10.0 Å². The van der Waals surface area contributed by atoms with Gasteiger partial charge in [-0.1, -0.05) is 12.1 Å². The van der Waals surface area contributed by atoms with Gasteiger partial charge in [0, 0.05) is 19.1 Å². The van der Waals surface area contributed by atoms with Crippen LogP contribution in [-0.2, 0) is 10.0 Å². The van der Waals surface area contributed by atoms with Crippen molar-refractivity contribution in [3.8, 4) is 0 Å². The first-order valence-electron chi connectivity index (χ1n) is 5.82. The van der Waals surface area contributed by atoms with Crippen LogP contribution in [0.25, 0.3) is 0 Å². The Morgan fingerprint density at radius 2 is 2.18 bits per heavy atom. The largest absolute Gasteiger partial charge is 0.327 e. The van der Waals surface area contributed by atoms with Gasteiger partial charge in [0.1, 0.15) is 0 Å². The van der Waals surface area contributed by atoms with E-state index >= 15 is 0 Å². The van der Waals surface area contributed by atoms with Gasteiger partial charge in [-0.3, -0.25) is 0 Å². The highest BCUT2D eigenvalue weighted by Crippen LogP contribution is 2.20. The molecule has 5 heteroatoms. The predicted octanol–water partition coefficient (Wildman–Crippen LogP) is 1.11. The first kappa shape index (κ1) is 12.5. The average Bonchev–Trinajstić information content (AvgIpc) is 2.29. The number of hydrogen-bond acceptors (Lipinski definition) is 3. The molecule has 0 bridgehead atoms. The van der Waals surface area contributed by atoms with Crippen LogP contribution in [0.3, 0.4) is 0 Å². The van der Waals surface area contributed by atoms with Gasteiger partial charge in [0.2, 0.25) is 10.0 Å². The molecule has 0 radical (unpaired) electrons. The molecule has 1 aliphatic heterocycles. The lowest BCUT2D eigenvalue weighted by Crippen LogP contribution is -2.45. The Morgan fingerprint density at radius 3 is 2.82 bits per heavy atom. The van der Waals surface area contributed by atoms with Gasteiger partial charge < -0.3 is 5.73 Å². The van der Waals surface area contributed by atoms with Gasteiger partial charge >= 0.3 is 0 Å². The Bertz CT molecular complexity index is 499. The van der Waals surface area contributed by atoms with Crippen molar-refractivity contribution in [2.45, 2.75) is 30.7 Å². The molecule has 0 aromatic heterocycles. The molecule has 1 heterocycles. The summed E-state index contributed by atoms with van der Waals surface area (Å²) in [7, 11) is -3.36. The number of sulfonamides is 1. The first-order chi connectivity index (χ1) is 8.00. The molecule has 94 valence electrons. The average molecular weight is 254 g/mol. The summed E-state index contributed by atoms with van der Waals surface area (Å²) in [5.74, 6) is 0. The Hall–Kier alpha value is -0.910. The summed E-state index contributed by atoms with van der Waals surface area (Å²) in [4.78, 5) is 0.367. The van der Waals surface area contributed by atoms with Crippen molar-refractivity contribution < 1.29 is 8.42 Å². The van der Waals surface area contributed by atoms with E-state index in [9.17, 15) is 8.42 Å². The Balaban J connectivity index is 2.29. The van der Waals surface area contributed by atoms with E-state index < -0.39 is 10.0 Å². The van der Waals surface area contributed by atoms with Crippen molar-refractivity contribution in [3.05, 3.63) is 29.8 Å². The van der Waals surface area contributed by atoms with E-state index in [2.05, 4.69) is 0 Å². The maximum Gasteiger partial charge on any atom is 0.243 e. The molecule has 1 saturated heterocycles. The third-order valence-corrected chi connectivity index (χ3v) is 4.91. The van der Waals surface area contributed by atoms with Crippen LogP contribution >= 0.6 is 0 Å². The van der Waals surface area contributed by atoms with Crippen molar-refractivity contribution in [1.82, 2.24) is 4.31 Å². The number of hydrogen-bond donors (Lipinski definition) is 1. The molecule has 1 aliphatic rings. The third-order valence-electron chi connectivity index (χ3n) is 3.05. The van der Waals surface area contributed by atoms with Crippen LogP contribution in [-0.4, -0.2) is 31.9 Å². The maximum atomic E-state index is 12.4.